The number of likely N-dealkylation sites (N-methyl/N-ethyl adjacent to an activating group) is 1. The van der Waals surface area contributed by atoms with Crippen LogP contribution in [0, 0.1) is 0 Å². The van der Waals surface area contributed by atoms with Crippen LogP contribution < -0.4 is 4.90 Å². The highest BCUT2D eigenvalue weighted by atomic mass is 32.2. The lowest BCUT2D eigenvalue weighted by molar-refractivity contribution is 0.292. The molecule has 2 rings (SSSR count). The first-order valence-corrected chi connectivity index (χ1v) is 9.29. The van der Waals surface area contributed by atoms with Gasteiger partial charge in [-0.15, -0.1) is 0 Å². The molecule has 2 heterocycles. The molecule has 1 saturated heterocycles. The first kappa shape index (κ1) is 17.2. The molecule has 0 aliphatic carbocycles. The Morgan fingerprint density at radius 1 is 1.32 bits per heavy atom. The van der Waals surface area contributed by atoms with Crippen LogP contribution in [0.25, 0.3) is 0 Å². The molecule has 0 radical (unpaired) electrons. The van der Waals surface area contributed by atoms with Gasteiger partial charge in [-0.3, -0.25) is 0 Å². The van der Waals surface area contributed by atoms with Crippen molar-refractivity contribution in [2.75, 3.05) is 38.1 Å². The Hall–Kier alpha value is -1.18. The molecule has 1 atom stereocenters. The van der Waals surface area contributed by atoms with Gasteiger partial charge in [-0.1, -0.05) is 19.9 Å². The minimum Gasteiger partial charge on any atom is -0.355 e. The van der Waals surface area contributed by atoms with Crippen molar-refractivity contribution in [3.05, 3.63) is 24.4 Å². The van der Waals surface area contributed by atoms with Gasteiger partial charge in [0.2, 0.25) is 0 Å². The molecule has 1 aromatic rings. The van der Waals surface area contributed by atoms with Gasteiger partial charge >= 0.3 is 0 Å². The maximum Gasteiger partial charge on any atom is 0.282 e. The van der Waals surface area contributed by atoms with Crippen LogP contribution in [0.2, 0.25) is 0 Å². The lowest BCUT2D eigenvalue weighted by atomic mass is 10.1. The monoisotopic (exact) mass is 326 g/mol. The van der Waals surface area contributed by atoms with Crippen molar-refractivity contribution in [1.82, 2.24) is 13.6 Å². The third-order valence-electron chi connectivity index (χ3n) is 4.28. The fourth-order valence-corrected chi connectivity index (χ4v) is 4.49. The van der Waals surface area contributed by atoms with Gasteiger partial charge in [-0.05, 0) is 25.0 Å². The van der Waals surface area contributed by atoms with E-state index >= 15 is 0 Å². The molecular weight excluding hydrogens is 300 g/mol. The molecule has 0 N–H and O–H groups in total. The zero-order valence-electron chi connectivity index (χ0n) is 13.6. The molecule has 1 unspecified atom stereocenters. The molecule has 1 fully saturated rings. The van der Waals surface area contributed by atoms with E-state index in [4.69, 9.17) is 0 Å². The van der Waals surface area contributed by atoms with Crippen LogP contribution >= 0.6 is 0 Å². The lowest BCUT2D eigenvalue weighted by Crippen LogP contribution is -2.52. The summed E-state index contributed by atoms with van der Waals surface area (Å²) in [6.07, 6.45) is 3.63. The predicted molar refractivity (Wildman–Crippen MR) is 89.1 cm³/mol. The summed E-state index contributed by atoms with van der Waals surface area (Å²) in [5.74, 6) is 0.917. The highest BCUT2D eigenvalue weighted by Crippen LogP contribution is 2.22. The fraction of sp³-hybridized carbons (Fsp3) is 0.667. The van der Waals surface area contributed by atoms with Crippen LogP contribution in [0.15, 0.2) is 24.4 Å². The van der Waals surface area contributed by atoms with E-state index < -0.39 is 10.2 Å². The molecule has 0 amide bonds. The summed E-state index contributed by atoms with van der Waals surface area (Å²) in [6, 6.07) is 5.81. The SMILES string of the molecule is CCN(CC)S(=O)(=O)N(C)C1CCCN(c2ccccn2)C1. The van der Waals surface area contributed by atoms with Gasteiger partial charge in [0.05, 0.1) is 0 Å². The van der Waals surface area contributed by atoms with E-state index in [0.29, 0.717) is 19.6 Å². The van der Waals surface area contributed by atoms with Crippen LogP contribution in [0.5, 0.6) is 0 Å². The Balaban J connectivity index is 2.12. The van der Waals surface area contributed by atoms with Gasteiger partial charge in [0, 0.05) is 45.5 Å². The first-order valence-electron chi connectivity index (χ1n) is 7.89. The quantitative estimate of drug-likeness (QED) is 0.796. The van der Waals surface area contributed by atoms with Crippen molar-refractivity contribution in [2.45, 2.75) is 32.7 Å². The summed E-state index contributed by atoms with van der Waals surface area (Å²) in [5, 5.41) is 0. The van der Waals surface area contributed by atoms with Gasteiger partial charge in [0.1, 0.15) is 5.82 Å². The van der Waals surface area contributed by atoms with E-state index in [-0.39, 0.29) is 6.04 Å². The topological polar surface area (TPSA) is 56.8 Å². The van der Waals surface area contributed by atoms with E-state index in [0.717, 1.165) is 25.2 Å². The summed E-state index contributed by atoms with van der Waals surface area (Å²) >= 11 is 0. The summed E-state index contributed by atoms with van der Waals surface area (Å²) in [6.45, 7) is 6.35. The minimum absolute atomic E-state index is 0.0126. The number of anilines is 1. The first-order chi connectivity index (χ1) is 10.5. The zero-order valence-corrected chi connectivity index (χ0v) is 14.5. The van der Waals surface area contributed by atoms with Crippen LogP contribution in [0.3, 0.4) is 0 Å². The Labute approximate surface area is 133 Å². The predicted octanol–water partition coefficient (Wildman–Crippen LogP) is 1.57. The van der Waals surface area contributed by atoms with E-state index in [1.807, 2.05) is 32.0 Å². The Bertz CT molecular complexity index is 560. The smallest absolute Gasteiger partial charge is 0.282 e. The van der Waals surface area contributed by atoms with Crippen molar-refractivity contribution in [2.24, 2.45) is 0 Å². The van der Waals surface area contributed by atoms with Gasteiger partial charge in [-0.25, -0.2) is 4.98 Å². The van der Waals surface area contributed by atoms with Crippen molar-refractivity contribution in [1.29, 1.82) is 0 Å². The van der Waals surface area contributed by atoms with Crippen LogP contribution in [-0.4, -0.2) is 61.3 Å². The third-order valence-corrected chi connectivity index (χ3v) is 6.47. The van der Waals surface area contributed by atoms with Crippen LogP contribution in [0.1, 0.15) is 26.7 Å². The molecule has 0 aromatic carbocycles. The second kappa shape index (κ2) is 7.39. The van der Waals surface area contributed by atoms with Crippen LogP contribution in [-0.2, 0) is 10.2 Å². The van der Waals surface area contributed by atoms with Crippen molar-refractivity contribution in [3.63, 3.8) is 0 Å². The summed E-state index contributed by atoms with van der Waals surface area (Å²) < 4.78 is 28.3. The lowest BCUT2D eigenvalue weighted by Gasteiger charge is -2.39. The van der Waals surface area contributed by atoms with E-state index in [1.165, 1.54) is 8.61 Å². The van der Waals surface area contributed by atoms with E-state index in [2.05, 4.69) is 9.88 Å². The summed E-state index contributed by atoms with van der Waals surface area (Å²) in [7, 11) is -1.69. The summed E-state index contributed by atoms with van der Waals surface area (Å²) in [4.78, 5) is 6.54. The number of hydrogen-bond acceptors (Lipinski definition) is 4. The van der Waals surface area contributed by atoms with Gasteiger partial charge < -0.3 is 4.90 Å². The molecule has 0 saturated carbocycles. The van der Waals surface area contributed by atoms with Crippen molar-refractivity contribution in [3.8, 4) is 0 Å². The zero-order chi connectivity index (χ0) is 16.2. The van der Waals surface area contributed by atoms with Gasteiger partial charge in [0.15, 0.2) is 0 Å². The standard InChI is InChI=1S/C15H26N4O2S/c1-4-19(5-2)22(20,21)17(3)14-9-8-12-18(13-14)15-10-6-7-11-16-15/h6-7,10-11,14H,4-5,8-9,12-13H2,1-3H3. The maximum absolute atomic E-state index is 12.7. The molecule has 6 nitrogen and oxygen atoms in total. The Morgan fingerprint density at radius 3 is 2.64 bits per heavy atom. The minimum atomic E-state index is -3.39. The second-order valence-electron chi connectivity index (χ2n) is 5.54. The number of hydrogen-bond donors (Lipinski definition) is 0. The van der Waals surface area contributed by atoms with Crippen molar-refractivity contribution < 1.29 is 8.42 Å². The molecule has 0 bridgehead atoms. The second-order valence-corrected chi connectivity index (χ2v) is 7.53. The third kappa shape index (κ3) is 3.59. The molecule has 124 valence electrons. The van der Waals surface area contributed by atoms with E-state index in [9.17, 15) is 8.42 Å². The number of rotatable bonds is 6. The molecule has 1 aliphatic rings. The van der Waals surface area contributed by atoms with E-state index in [1.54, 1.807) is 13.2 Å². The highest BCUT2D eigenvalue weighted by molar-refractivity contribution is 7.86. The number of pyridine rings is 1. The number of piperidine rings is 1. The number of nitrogens with zero attached hydrogens (tertiary/aromatic N) is 4. The Kier molecular flexibility index (Phi) is 5.77. The maximum atomic E-state index is 12.7. The molecule has 22 heavy (non-hydrogen) atoms. The molecule has 1 aromatic heterocycles. The fourth-order valence-electron chi connectivity index (χ4n) is 2.92. The average Bonchev–Trinajstić information content (AvgIpc) is 2.56. The van der Waals surface area contributed by atoms with Crippen LogP contribution in [0.4, 0.5) is 5.82 Å². The van der Waals surface area contributed by atoms with Gasteiger partial charge in [-0.2, -0.15) is 17.0 Å². The number of aromatic nitrogens is 1. The summed E-state index contributed by atoms with van der Waals surface area (Å²) in [5.41, 5.74) is 0. The normalized spacial score (nSPS) is 19.9. The molecule has 0 spiro atoms. The Morgan fingerprint density at radius 2 is 2.05 bits per heavy atom. The molecular formula is C15H26N4O2S. The largest absolute Gasteiger partial charge is 0.355 e. The van der Waals surface area contributed by atoms with Crippen molar-refractivity contribution >= 4 is 16.0 Å². The highest BCUT2D eigenvalue weighted by Gasteiger charge is 2.33. The molecule has 7 heteroatoms. The molecule has 1 aliphatic heterocycles. The average molecular weight is 326 g/mol. The van der Waals surface area contributed by atoms with Gasteiger partial charge in [0.25, 0.3) is 10.2 Å².